The molecule has 0 aliphatic carbocycles. The number of carboxylic acids is 1. The highest BCUT2D eigenvalue weighted by Gasteiger charge is 2.19. The lowest BCUT2D eigenvalue weighted by atomic mass is 9.89. The first-order valence-electron chi connectivity index (χ1n) is 5.08. The Morgan fingerprint density at radius 2 is 2.08 bits per heavy atom. The number of rotatable bonds is 7. The van der Waals surface area contributed by atoms with Crippen LogP contribution in [0.1, 0.15) is 39.5 Å². The second kappa shape index (κ2) is 6.89. The third-order valence-electron chi connectivity index (χ3n) is 2.53. The van der Waals surface area contributed by atoms with Gasteiger partial charge in [0, 0.05) is 6.54 Å². The van der Waals surface area contributed by atoms with Gasteiger partial charge < -0.3 is 10.8 Å². The molecule has 0 aliphatic rings. The van der Waals surface area contributed by atoms with E-state index in [0.717, 1.165) is 25.7 Å². The van der Waals surface area contributed by atoms with Crippen LogP contribution in [0, 0.1) is 11.8 Å². The fourth-order valence-corrected chi connectivity index (χ4v) is 1.60. The van der Waals surface area contributed by atoms with Gasteiger partial charge in [-0.25, -0.2) is 0 Å². The van der Waals surface area contributed by atoms with E-state index in [2.05, 4.69) is 13.8 Å². The minimum absolute atomic E-state index is 0.259. The predicted octanol–water partition coefficient (Wildman–Crippen LogP) is 1.86. The van der Waals surface area contributed by atoms with Gasteiger partial charge in [-0.1, -0.05) is 33.1 Å². The van der Waals surface area contributed by atoms with Gasteiger partial charge in [0.15, 0.2) is 0 Å². The zero-order valence-electron chi connectivity index (χ0n) is 8.62. The Hall–Kier alpha value is -0.570. The summed E-state index contributed by atoms with van der Waals surface area (Å²) in [5, 5.41) is 8.81. The standard InChI is InChI=1S/C10H21NO2/c1-3-5-8(4-2)6-9(7-11)10(12)13/h8-9H,3-7,11H2,1-2H3,(H,12,13). The van der Waals surface area contributed by atoms with Gasteiger partial charge >= 0.3 is 5.97 Å². The van der Waals surface area contributed by atoms with Gasteiger partial charge in [-0.2, -0.15) is 0 Å². The molecule has 0 rings (SSSR count). The van der Waals surface area contributed by atoms with Crippen LogP contribution in [0.5, 0.6) is 0 Å². The van der Waals surface area contributed by atoms with Crippen molar-refractivity contribution in [2.24, 2.45) is 17.6 Å². The first-order chi connectivity index (χ1) is 6.15. The van der Waals surface area contributed by atoms with Crippen molar-refractivity contribution in [2.75, 3.05) is 6.54 Å². The Morgan fingerprint density at radius 3 is 2.38 bits per heavy atom. The molecule has 13 heavy (non-hydrogen) atoms. The highest BCUT2D eigenvalue weighted by molar-refractivity contribution is 5.70. The minimum Gasteiger partial charge on any atom is -0.481 e. The van der Waals surface area contributed by atoms with Crippen LogP contribution in [0.3, 0.4) is 0 Å². The van der Waals surface area contributed by atoms with Crippen molar-refractivity contribution in [1.82, 2.24) is 0 Å². The smallest absolute Gasteiger partial charge is 0.307 e. The average molecular weight is 187 g/mol. The quantitative estimate of drug-likeness (QED) is 0.639. The lowest BCUT2D eigenvalue weighted by molar-refractivity contribution is -0.142. The summed E-state index contributed by atoms with van der Waals surface area (Å²) in [6, 6.07) is 0. The van der Waals surface area contributed by atoms with E-state index in [1.165, 1.54) is 0 Å². The van der Waals surface area contributed by atoms with Crippen LogP contribution in [0.2, 0.25) is 0 Å². The molecule has 0 aromatic rings. The van der Waals surface area contributed by atoms with Crippen molar-refractivity contribution >= 4 is 5.97 Å². The van der Waals surface area contributed by atoms with Gasteiger partial charge in [-0.3, -0.25) is 4.79 Å². The van der Waals surface area contributed by atoms with Crippen molar-refractivity contribution in [3.63, 3.8) is 0 Å². The van der Waals surface area contributed by atoms with Crippen LogP contribution < -0.4 is 5.73 Å². The predicted molar refractivity (Wildman–Crippen MR) is 53.5 cm³/mol. The molecule has 0 aromatic carbocycles. The molecule has 0 saturated heterocycles. The minimum atomic E-state index is -0.753. The first-order valence-corrected chi connectivity index (χ1v) is 5.08. The molecule has 3 heteroatoms. The van der Waals surface area contributed by atoms with Crippen LogP contribution in [0.15, 0.2) is 0 Å². The lowest BCUT2D eigenvalue weighted by Gasteiger charge is -2.17. The van der Waals surface area contributed by atoms with Crippen molar-refractivity contribution in [2.45, 2.75) is 39.5 Å². The molecule has 3 nitrogen and oxygen atoms in total. The van der Waals surface area contributed by atoms with Crippen LogP contribution >= 0.6 is 0 Å². The second-order valence-electron chi connectivity index (χ2n) is 3.57. The van der Waals surface area contributed by atoms with E-state index >= 15 is 0 Å². The van der Waals surface area contributed by atoms with Crippen LogP contribution in [-0.4, -0.2) is 17.6 Å². The molecule has 0 bridgehead atoms. The summed E-state index contributed by atoms with van der Waals surface area (Å²) >= 11 is 0. The SMILES string of the molecule is CCCC(CC)CC(CN)C(=O)O. The molecule has 0 heterocycles. The Bertz CT molecular complexity index is 148. The fraction of sp³-hybridized carbons (Fsp3) is 0.900. The van der Waals surface area contributed by atoms with E-state index in [9.17, 15) is 4.79 Å². The number of hydrogen-bond donors (Lipinski definition) is 2. The highest BCUT2D eigenvalue weighted by Crippen LogP contribution is 2.20. The highest BCUT2D eigenvalue weighted by atomic mass is 16.4. The number of carboxylic acid groups (broad SMARTS) is 1. The molecular weight excluding hydrogens is 166 g/mol. The number of hydrogen-bond acceptors (Lipinski definition) is 2. The Kier molecular flexibility index (Phi) is 6.59. The van der Waals surface area contributed by atoms with E-state index in [4.69, 9.17) is 10.8 Å². The summed E-state index contributed by atoms with van der Waals surface area (Å²) in [5.74, 6) is -0.580. The Labute approximate surface area is 80.3 Å². The third-order valence-corrected chi connectivity index (χ3v) is 2.53. The van der Waals surface area contributed by atoms with E-state index in [-0.39, 0.29) is 12.5 Å². The molecule has 0 saturated carbocycles. The van der Waals surface area contributed by atoms with Gasteiger partial charge in [0.1, 0.15) is 0 Å². The monoisotopic (exact) mass is 187 g/mol. The molecule has 2 atom stereocenters. The summed E-state index contributed by atoms with van der Waals surface area (Å²) < 4.78 is 0. The molecular formula is C10H21NO2. The zero-order chi connectivity index (χ0) is 10.3. The van der Waals surface area contributed by atoms with Gasteiger partial charge in [-0.05, 0) is 12.3 Å². The van der Waals surface area contributed by atoms with Crippen molar-refractivity contribution < 1.29 is 9.90 Å². The summed E-state index contributed by atoms with van der Waals surface area (Å²) in [7, 11) is 0. The number of nitrogens with two attached hydrogens (primary N) is 1. The average Bonchev–Trinajstić information content (AvgIpc) is 2.11. The van der Waals surface area contributed by atoms with Gasteiger partial charge in [-0.15, -0.1) is 0 Å². The summed E-state index contributed by atoms with van der Waals surface area (Å²) in [6.07, 6.45) is 4.02. The van der Waals surface area contributed by atoms with Crippen LogP contribution in [0.25, 0.3) is 0 Å². The first kappa shape index (κ1) is 12.4. The molecule has 0 amide bonds. The molecule has 2 unspecified atom stereocenters. The summed E-state index contributed by atoms with van der Waals surface area (Å²) in [4.78, 5) is 10.7. The Balaban J connectivity index is 3.95. The fourth-order valence-electron chi connectivity index (χ4n) is 1.60. The van der Waals surface area contributed by atoms with Crippen LogP contribution in [0.4, 0.5) is 0 Å². The third kappa shape index (κ3) is 4.88. The van der Waals surface area contributed by atoms with E-state index < -0.39 is 5.97 Å². The van der Waals surface area contributed by atoms with Gasteiger partial charge in [0.05, 0.1) is 5.92 Å². The maximum Gasteiger partial charge on any atom is 0.307 e. The van der Waals surface area contributed by atoms with Crippen LogP contribution in [-0.2, 0) is 4.79 Å². The molecule has 0 aliphatic heterocycles. The number of carbonyl (C=O) groups is 1. The van der Waals surface area contributed by atoms with Crippen molar-refractivity contribution in [1.29, 1.82) is 0 Å². The topological polar surface area (TPSA) is 63.3 Å². The summed E-state index contributed by atoms with van der Waals surface area (Å²) in [5.41, 5.74) is 5.39. The molecule has 0 fully saturated rings. The second-order valence-corrected chi connectivity index (χ2v) is 3.57. The van der Waals surface area contributed by atoms with Gasteiger partial charge in [0.25, 0.3) is 0 Å². The van der Waals surface area contributed by atoms with Crippen molar-refractivity contribution in [3.05, 3.63) is 0 Å². The lowest BCUT2D eigenvalue weighted by Crippen LogP contribution is -2.25. The molecule has 0 radical (unpaired) electrons. The van der Waals surface area contributed by atoms with E-state index in [0.29, 0.717) is 5.92 Å². The normalized spacial score (nSPS) is 15.3. The largest absolute Gasteiger partial charge is 0.481 e. The molecule has 78 valence electrons. The van der Waals surface area contributed by atoms with E-state index in [1.807, 2.05) is 0 Å². The maximum atomic E-state index is 10.7. The zero-order valence-corrected chi connectivity index (χ0v) is 8.62. The van der Waals surface area contributed by atoms with Gasteiger partial charge in [0.2, 0.25) is 0 Å². The maximum absolute atomic E-state index is 10.7. The molecule has 0 spiro atoms. The van der Waals surface area contributed by atoms with E-state index in [1.54, 1.807) is 0 Å². The summed E-state index contributed by atoms with van der Waals surface area (Å²) in [6.45, 7) is 4.49. The Morgan fingerprint density at radius 1 is 1.46 bits per heavy atom. The van der Waals surface area contributed by atoms with Crippen molar-refractivity contribution in [3.8, 4) is 0 Å². The molecule has 0 aromatic heterocycles. The number of aliphatic carboxylic acids is 1. The molecule has 3 N–H and O–H groups in total.